The zero-order valence-corrected chi connectivity index (χ0v) is 17.4. The minimum atomic E-state index is -0.412. The Balaban J connectivity index is 1.66. The molecule has 4 rings (SSSR count). The van der Waals surface area contributed by atoms with Crippen LogP contribution in [0.3, 0.4) is 0 Å². The molecule has 0 saturated heterocycles. The summed E-state index contributed by atoms with van der Waals surface area (Å²) in [5.41, 5.74) is 1.10. The highest BCUT2D eigenvalue weighted by Crippen LogP contribution is 2.31. The van der Waals surface area contributed by atoms with Crippen molar-refractivity contribution in [2.45, 2.75) is 6.61 Å². The summed E-state index contributed by atoms with van der Waals surface area (Å²) < 4.78 is 30.9. The van der Waals surface area contributed by atoms with Crippen molar-refractivity contribution >= 4 is 26.9 Å². The van der Waals surface area contributed by atoms with Gasteiger partial charge in [0.25, 0.3) is 0 Å². The lowest BCUT2D eigenvalue weighted by Crippen LogP contribution is -2.05. The number of rotatable bonds is 5. The van der Waals surface area contributed by atoms with Gasteiger partial charge in [0.15, 0.2) is 0 Å². The van der Waals surface area contributed by atoms with Crippen LogP contribution in [0.4, 0.5) is 4.39 Å². The minimum Gasteiger partial charge on any atom is -0.507 e. The molecule has 0 radical (unpaired) electrons. The van der Waals surface area contributed by atoms with Crippen LogP contribution >= 0.6 is 15.9 Å². The van der Waals surface area contributed by atoms with Crippen molar-refractivity contribution in [3.8, 4) is 28.4 Å². The number of halogens is 2. The Morgan fingerprint density at radius 1 is 1.07 bits per heavy atom. The van der Waals surface area contributed by atoms with E-state index in [-0.39, 0.29) is 34.5 Å². The molecule has 7 heteroatoms. The van der Waals surface area contributed by atoms with E-state index in [4.69, 9.17) is 13.9 Å². The molecule has 1 heterocycles. The molecule has 1 N–H and O–H groups in total. The summed E-state index contributed by atoms with van der Waals surface area (Å²) in [6.07, 6.45) is 1.34. The summed E-state index contributed by atoms with van der Waals surface area (Å²) in [5.74, 6) is 0.228. The van der Waals surface area contributed by atoms with Crippen LogP contribution in [0.15, 0.2) is 74.5 Å². The molecule has 0 bridgehead atoms. The minimum absolute atomic E-state index is 0.0434. The van der Waals surface area contributed by atoms with Crippen molar-refractivity contribution in [2.75, 3.05) is 7.11 Å². The Kier molecular flexibility index (Phi) is 5.46. The summed E-state index contributed by atoms with van der Waals surface area (Å²) >= 11 is 3.20. The number of benzene rings is 3. The molecule has 0 aliphatic carbocycles. The van der Waals surface area contributed by atoms with E-state index in [0.717, 1.165) is 0 Å². The number of hydrogen-bond acceptors (Lipinski definition) is 5. The molecule has 0 unspecified atom stereocenters. The predicted molar refractivity (Wildman–Crippen MR) is 115 cm³/mol. The molecule has 0 spiro atoms. The van der Waals surface area contributed by atoms with Crippen LogP contribution in [-0.2, 0) is 6.61 Å². The van der Waals surface area contributed by atoms with Crippen molar-refractivity contribution in [3.63, 3.8) is 0 Å². The average Bonchev–Trinajstić information content (AvgIpc) is 2.73. The first-order valence-corrected chi connectivity index (χ1v) is 9.75. The molecule has 0 atom stereocenters. The second-order valence-electron chi connectivity index (χ2n) is 6.55. The molecule has 0 aliphatic heterocycles. The number of phenolic OH excluding ortho intramolecular Hbond substituents is 1. The topological polar surface area (TPSA) is 68.9 Å². The zero-order chi connectivity index (χ0) is 21.3. The first-order valence-electron chi connectivity index (χ1n) is 8.96. The maximum atomic E-state index is 14.0. The molecule has 0 aliphatic rings. The molecule has 30 heavy (non-hydrogen) atoms. The van der Waals surface area contributed by atoms with Crippen LogP contribution in [0, 0.1) is 5.82 Å². The van der Waals surface area contributed by atoms with Crippen molar-refractivity contribution < 1.29 is 23.4 Å². The van der Waals surface area contributed by atoms with E-state index in [0.29, 0.717) is 26.9 Å². The zero-order valence-electron chi connectivity index (χ0n) is 15.8. The van der Waals surface area contributed by atoms with E-state index >= 15 is 0 Å². The van der Waals surface area contributed by atoms with Gasteiger partial charge in [-0.3, -0.25) is 4.79 Å². The summed E-state index contributed by atoms with van der Waals surface area (Å²) in [5, 5.41) is 10.5. The molecule has 5 nitrogen and oxygen atoms in total. The smallest absolute Gasteiger partial charge is 0.204 e. The predicted octanol–water partition coefficient (Wildman–Crippen LogP) is 5.65. The summed E-state index contributed by atoms with van der Waals surface area (Å²) in [6, 6.07) is 14.4. The number of fused-ring (bicyclic) bond motifs is 1. The maximum Gasteiger partial charge on any atom is 0.204 e. The molecule has 0 amide bonds. The van der Waals surface area contributed by atoms with Crippen LogP contribution in [0.1, 0.15) is 5.56 Å². The Morgan fingerprint density at radius 3 is 2.53 bits per heavy atom. The fourth-order valence-corrected chi connectivity index (χ4v) is 3.39. The van der Waals surface area contributed by atoms with Crippen LogP contribution in [0.25, 0.3) is 22.1 Å². The molecule has 0 saturated carbocycles. The fraction of sp³-hybridized carbons (Fsp3) is 0.0870. The van der Waals surface area contributed by atoms with Gasteiger partial charge in [-0.2, -0.15) is 0 Å². The van der Waals surface area contributed by atoms with Gasteiger partial charge in [-0.05, 0) is 29.8 Å². The van der Waals surface area contributed by atoms with Crippen molar-refractivity contribution in [3.05, 3.63) is 86.9 Å². The highest BCUT2D eigenvalue weighted by Gasteiger charge is 2.15. The van der Waals surface area contributed by atoms with Gasteiger partial charge < -0.3 is 19.0 Å². The van der Waals surface area contributed by atoms with Crippen LogP contribution in [0.2, 0.25) is 0 Å². The molecule has 152 valence electrons. The van der Waals surface area contributed by atoms with Crippen LogP contribution in [0.5, 0.6) is 17.2 Å². The number of aromatic hydroxyl groups is 1. The van der Waals surface area contributed by atoms with Gasteiger partial charge >= 0.3 is 0 Å². The van der Waals surface area contributed by atoms with Gasteiger partial charge in [0, 0.05) is 22.2 Å². The number of methoxy groups -OCH3 is 1. The Morgan fingerprint density at radius 2 is 1.83 bits per heavy atom. The van der Waals surface area contributed by atoms with E-state index in [1.54, 1.807) is 43.5 Å². The number of ether oxygens (including phenoxy) is 2. The van der Waals surface area contributed by atoms with Crippen LogP contribution in [-0.4, -0.2) is 12.2 Å². The highest BCUT2D eigenvalue weighted by molar-refractivity contribution is 9.10. The lowest BCUT2D eigenvalue weighted by molar-refractivity contribution is 0.298. The van der Waals surface area contributed by atoms with Gasteiger partial charge in [0.05, 0.1) is 12.7 Å². The molecule has 3 aromatic carbocycles. The monoisotopic (exact) mass is 470 g/mol. The summed E-state index contributed by atoms with van der Waals surface area (Å²) in [6.45, 7) is -0.0434. The molecule has 1 aromatic heterocycles. The number of phenols is 1. The Labute approximate surface area is 179 Å². The van der Waals surface area contributed by atoms with Crippen molar-refractivity contribution in [2.24, 2.45) is 0 Å². The lowest BCUT2D eigenvalue weighted by atomic mass is 10.0. The van der Waals surface area contributed by atoms with Gasteiger partial charge in [-0.25, -0.2) is 4.39 Å². The van der Waals surface area contributed by atoms with Gasteiger partial charge in [0.1, 0.15) is 46.9 Å². The largest absolute Gasteiger partial charge is 0.507 e. The normalized spacial score (nSPS) is 10.9. The van der Waals surface area contributed by atoms with Gasteiger partial charge in [0.2, 0.25) is 5.43 Å². The molecule has 4 aromatic rings. The van der Waals surface area contributed by atoms with E-state index < -0.39 is 5.82 Å². The molecule has 0 fully saturated rings. The van der Waals surface area contributed by atoms with E-state index in [1.165, 1.54) is 24.5 Å². The molecular formula is C23H16BrFO5. The SMILES string of the molecule is COc1ccc(-c2coc3cc(OCc4ccc(Br)cc4F)cc(O)c3c2=O)cc1. The third kappa shape index (κ3) is 3.89. The standard InChI is InChI=1S/C23H16BrFO5/c1-28-16-6-3-13(4-7-16)18-12-30-21-10-17(9-20(26)22(21)23(18)27)29-11-14-2-5-15(24)8-19(14)25/h2-10,12,26H,11H2,1H3. The van der Waals surface area contributed by atoms with E-state index in [9.17, 15) is 14.3 Å². The Bertz CT molecular complexity index is 1280. The van der Waals surface area contributed by atoms with E-state index in [1.807, 2.05) is 0 Å². The molecular weight excluding hydrogens is 455 g/mol. The third-order valence-electron chi connectivity index (χ3n) is 4.64. The van der Waals surface area contributed by atoms with Gasteiger partial charge in [-0.1, -0.05) is 34.1 Å². The first-order chi connectivity index (χ1) is 14.5. The lowest BCUT2D eigenvalue weighted by Gasteiger charge is -2.10. The average molecular weight is 471 g/mol. The summed E-state index contributed by atoms with van der Waals surface area (Å²) in [7, 11) is 1.56. The second kappa shape index (κ2) is 8.20. The second-order valence-corrected chi connectivity index (χ2v) is 7.46. The summed E-state index contributed by atoms with van der Waals surface area (Å²) in [4.78, 5) is 12.9. The quantitative estimate of drug-likeness (QED) is 0.407. The maximum absolute atomic E-state index is 14.0. The van der Waals surface area contributed by atoms with Crippen LogP contribution < -0.4 is 14.9 Å². The highest BCUT2D eigenvalue weighted by atomic mass is 79.9. The number of hydrogen-bond donors (Lipinski definition) is 1. The Hall–Kier alpha value is -3.32. The van der Waals surface area contributed by atoms with Gasteiger partial charge in [-0.15, -0.1) is 0 Å². The fourth-order valence-electron chi connectivity index (χ4n) is 3.06. The first kappa shape index (κ1) is 20.0. The third-order valence-corrected chi connectivity index (χ3v) is 5.13. The van der Waals surface area contributed by atoms with Crippen molar-refractivity contribution in [1.29, 1.82) is 0 Å². The van der Waals surface area contributed by atoms with Crippen molar-refractivity contribution in [1.82, 2.24) is 0 Å². The van der Waals surface area contributed by atoms with E-state index in [2.05, 4.69) is 15.9 Å².